The molecule has 1 heterocycles. The lowest BCUT2D eigenvalue weighted by atomic mass is 10.1. The number of thiocarbonyl (C=S) groups is 1. The summed E-state index contributed by atoms with van der Waals surface area (Å²) in [5, 5.41) is 2.94. The molecule has 20 heavy (non-hydrogen) atoms. The van der Waals surface area contributed by atoms with Gasteiger partial charge in [0, 0.05) is 48.8 Å². The number of nitrogens with two attached hydrogens (primary N) is 1. The van der Waals surface area contributed by atoms with Gasteiger partial charge in [-0.05, 0) is 12.1 Å². The van der Waals surface area contributed by atoms with Crippen molar-refractivity contribution in [3.8, 4) is 0 Å². The average molecular weight is 309 g/mol. The van der Waals surface area contributed by atoms with Crippen molar-refractivity contribution in [1.82, 2.24) is 10.2 Å². The van der Waals surface area contributed by atoms with Gasteiger partial charge in [-0.15, -0.1) is 0 Å². The van der Waals surface area contributed by atoms with Crippen LogP contribution >= 0.6 is 24.0 Å². The van der Waals surface area contributed by atoms with Crippen molar-refractivity contribution < 1.29 is 4.79 Å². The fourth-order valence-corrected chi connectivity index (χ4v) is 3.17. The summed E-state index contributed by atoms with van der Waals surface area (Å²) in [6.45, 7) is 3.79. The van der Waals surface area contributed by atoms with Crippen LogP contribution in [0.3, 0.4) is 0 Å². The quantitative estimate of drug-likeness (QED) is 0.798. The van der Waals surface area contributed by atoms with Gasteiger partial charge >= 0.3 is 0 Å². The van der Waals surface area contributed by atoms with Crippen LogP contribution in [-0.4, -0.2) is 53.5 Å². The zero-order valence-electron chi connectivity index (χ0n) is 11.3. The second kappa shape index (κ2) is 7.61. The molecular formula is C14H19N3OS2. The molecule has 0 bridgehead atoms. The molecule has 0 saturated carbocycles. The minimum atomic E-state index is -0.0746. The highest BCUT2D eigenvalue weighted by atomic mass is 32.2. The summed E-state index contributed by atoms with van der Waals surface area (Å²) >= 11 is 6.91. The van der Waals surface area contributed by atoms with E-state index in [1.54, 1.807) is 18.2 Å². The first-order valence-electron chi connectivity index (χ1n) is 6.65. The SMILES string of the molecule is NC(=S)c1cccc(C(=O)NCCN2CCSCC2)c1. The van der Waals surface area contributed by atoms with E-state index < -0.39 is 0 Å². The maximum atomic E-state index is 12.0. The molecule has 1 fully saturated rings. The normalized spacial score (nSPS) is 15.8. The molecule has 4 nitrogen and oxygen atoms in total. The molecule has 0 atom stereocenters. The van der Waals surface area contributed by atoms with Gasteiger partial charge in [0.1, 0.15) is 4.99 Å². The summed E-state index contributed by atoms with van der Waals surface area (Å²) in [6.07, 6.45) is 0. The molecule has 0 aromatic heterocycles. The highest BCUT2D eigenvalue weighted by Crippen LogP contribution is 2.08. The zero-order valence-corrected chi connectivity index (χ0v) is 12.9. The van der Waals surface area contributed by atoms with Crippen molar-refractivity contribution in [2.75, 3.05) is 37.7 Å². The number of rotatable bonds is 5. The van der Waals surface area contributed by atoms with Crippen LogP contribution in [0, 0.1) is 0 Å². The fraction of sp³-hybridized carbons (Fsp3) is 0.429. The van der Waals surface area contributed by atoms with Crippen LogP contribution in [0.5, 0.6) is 0 Å². The van der Waals surface area contributed by atoms with E-state index in [9.17, 15) is 4.79 Å². The number of nitrogens with zero attached hydrogens (tertiary/aromatic N) is 1. The Morgan fingerprint density at radius 2 is 2.05 bits per heavy atom. The van der Waals surface area contributed by atoms with E-state index in [1.165, 1.54) is 11.5 Å². The fourth-order valence-electron chi connectivity index (χ4n) is 2.07. The predicted octanol–water partition coefficient (Wildman–Crippen LogP) is 1.10. The molecule has 6 heteroatoms. The van der Waals surface area contributed by atoms with E-state index in [1.807, 2.05) is 17.8 Å². The number of amides is 1. The molecule has 0 aliphatic carbocycles. The van der Waals surface area contributed by atoms with Crippen molar-refractivity contribution in [1.29, 1.82) is 0 Å². The summed E-state index contributed by atoms with van der Waals surface area (Å²) in [5.41, 5.74) is 6.90. The third-order valence-electron chi connectivity index (χ3n) is 3.23. The second-order valence-corrected chi connectivity index (χ2v) is 6.32. The topological polar surface area (TPSA) is 58.4 Å². The molecule has 0 spiro atoms. The number of nitrogens with one attached hydrogen (secondary N) is 1. The van der Waals surface area contributed by atoms with Gasteiger partial charge in [0.15, 0.2) is 0 Å². The minimum Gasteiger partial charge on any atom is -0.389 e. The predicted molar refractivity (Wildman–Crippen MR) is 88.4 cm³/mol. The van der Waals surface area contributed by atoms with Gasteiger partial charge in [-0.1, -0.05) is 24.4 Å². The lowest BCUT2D eigenvalue weighted by Gasteiger charge is -2.26. The maximum Gasteiger partial charge on any atom is 0.251 e. The van der Waals surface area contributed by atoms with Gasteiger partial charge in [-0.3, -0.25) is 9.69 Å². The zero-order chi connectivity index (χ0) is 14.4. The third-order valence-corrected chi connectivity index (χ3v) is 4.40. The van der Waals surface area contributed by atoms with E-state index in [4.69, 9.17) is 18.0 Å². The van der Waals surface area contributed by atoms with Crippen molar-refractivity contribution in [3.05, 3.63) is 35.4 Å². The van der Waals surface area contributed by atoms with Crippen molar-refractivity contribution in [3.63, 3.8) is 0 Å². The van der Waals surface area contributed by atoms with Crippen LogP contribution in [0.4, 0.5) is 0 Å². The van der Waals surface area contributed by atoms with E-state index >= 15 is 0 Å². The molecule has 1 saturated heterocycles. The van der Waals surface area contributed by atoms with Crippen LogP contribution in [-0.2, 0) is 0 Å². The molecule has 108 valence electrons. The van der Waals surface area contributed by atoms with Crippen molar-refractivity contribution in [2.45, 2.75) is 0 Å². The van der Waals surface area contributed by atoms with E-state index in [-0.39, 0.29) is 5.91 Å². The Balaban J connectivity index is 1.82. The largest absolute Gasteiger partial charge is 0.389 e. The third kappa shape index (κ3) is 4.47. The summed E-state index contributed by atoms with van der Waals surface area (Å²) in [5.74, 6) is 2.29. The van der Waals surface area contributed by atoms with Crippen LogP contribution in [0.2, 0.25) is 0 Å². The van der Waals surface area contributed by atoms with Crippen molar-refractivity contribution in [2.24, 2.45) is 5.73 Å². The molecule has 1 amide bonds. The standard InChI is InChI=1S/C14H19N3OS2/c15-13(19)11-2-1-3-12(10-11)14(18)16-4-5-17-6-8-20-9-7-17/h1-3,10H,4-9H2,(H2,15,19)(H,16,18). The lowest BCUT2D eigenvalue weighted by Crippen LogP contribution is -2.39. The molecule has 3 N–H and O–H groups in total. The molecule has 2 rings (SSSR count). The van der Waals surface area contributed by atoms with E-state index in [0.717, 1.165) is 25.2 Å². The average Bonchev–Trinajstić information content (AvgIpc) is 2.48. The maximum absolute atomic E-state index is 12.0. The monoisotopic (exact) mass is 309 g/mol. The van der Waals surface area contributed by atoms with Gasteiger partial charge in [-0.2, -0.15) is 11.8 Å². The van der Waals surface area contributed by atoms with Gasteiger partial charge in [0.2, 0.25) is 0 Å². The Morgan fingerprint density at radius 1 is 1.35 bits per heavy atom. The number of thioether (sulfide) groups is 1. The van der Waals surface area contributed by atoms with Crippen LogP contribution in [0.25, 0.3) is 0 Å². The van der Waals surface area contributed by atoms with Crippen LogP contribution in [0.15, 0.2) is 24.3 Å². The highest BCUT2D eigenvalue weighted by Gasteiger charge is 2.11. The number of hydrogen-bond donors (Lipinski definition) is 2. The first-order valence-corrected chi connectivity index (χ1v) is 8.21. The summed E-state index contributed by atoms with van der Waals surface area (Å²) in [6, 6.07) is 7.11. The molecule has 1 aromatic rings. The number of carbonyl (C=O) groups excluding carboxylic acids is 1. The lowest BCUT2D eigenvalue weighted by molar-refractivity contribution is 0.0949. The molecule has 1 aliphatic heterocycles. The van der Waals surface area contributed by atoms with E-state index in [0.29, 0.717) is 17.1 Å². The van der Waals surface area contributed by atoms with Gasteiger partial charge in [0.25, 0.3) is 5.91 Å². The second-order valence-electron chi connectivity index (χ2n) is 4.65. The molecule has 0 radical (unpaired) electrons. The van der Waals surface area contributed by atoms with Crippen LogP contribution < -0.4 is 11.1 Å². The highest BCUT2D eigenvalue weighted by molar-refractivity contribution is 7.99. The molecule has 1 aliphatic rings. The number of hydrogen-bond acceptors (Lipinski definition) is 4. The van der Waals surface area contributed by atoms with Gasteiger partial charge in [0.05, 0.1) is 0 Å². The number of carbonyl (C=O) groups is 1. The molecule has 1 aromatic carbocycles. The first-order chi connectivity index (χ1) is 9.66. The Hall–Kier alpha value is -1.11. The Kier molecular flexibility index (Phi) is 5.82. The molecule has 0 unspecified atom stereocenters. The van der Waals surface area contributed by atoms with Crippen molar-refractivity contribution >= 4 is 34.9 Å². The summed E-state index contributed by atoms with van der Waals surface area (Å²) < 4.78 is 0. The Bertz CT molecular complexity index is 487. The molecular weight excluding hydrogens is 290 g/mol. The smallest absolute Gasteiger partial charge is 0.251 e. The van der Waals surface area contributed by atoms with Gasteiger partial charge in [-0.25, -0.2) is 0 Å². The minimum absolute atomic E-state index is 0.0746. The Morgan fingerprint density at radius 3 is 2.75 bits per heavy atom. The van der Waals surface area contributed by atoms with E-state index in [2.05, 4.69) is 10.2 Å². The number of benzene rings is 1. The van der Waals surface area contributed by atoms with Crippen LogP contribution in [0.1, 0.15) is 15.9 Å². The van der Waals surface area contributed by atoms with Gasteiger partial charge < -0.3 is 11.1 Å². The summed E-state index contributed by atoms with van der Waals surface area (Å²) in [4.78, 5) is 14.7. The Labute approximate surface area is 129 Å². The first kappa shape index (κ1) is 15.3. The summed E-state index contributed by atoms with van der Waals surface area (Å²) in [7, 11) is 0.